The van der Waals surface area contributed by atoms with Crippen molar-refractivity contribution < 1.29 is 41.7 Å². The van der Waals surface area contributed by atoms with Crippen molar-refractivity contribution in [3.63, 3.8) is 0 Å². The van der Waals surface area contributed by atoms with Gasteiger partial charge in [0.15, 0.2) is 18.3 Å². The Labute approximate surface area is 224 Å². The van der Waals surface area contributed by atoms with E-state index < -0.39 is 29.1 Å². The van der Waals surface area contributed by atoms with E-state index in [1.807, 2.05) is 6.92 Å². The van der Waals surface area contributed by atoms with Gasteiger partial charge in [0.1, 0.15) is 5.60 Å². The molecule has 4 aliphatic rings. The van der Waals surface area contributed by atoms with Crippen molar-refractivity contribution in [3.8, 4) is 5.75 Å². The van der Waals surface area contributed by atoms with Gasteiger partial charge in [-0.2, -0.15) is 13.2 Å². The zero-order valence-corrected chi connectivity index (χ0v) is 22.2. The third-order valence-corrected chi connectivity index (χ3v) is 8.70. The van der Waals surface area contributed by atoms with Gasteiger partial charge in [0.25, 0.3) is 5.91 Å². The maximum Gasteiger partial charge on any atom is 0.416 e. The van der Waals surface area contributed by atoms with E-state index in [1.165, 1.54) is 4.90 Å². The molecule has 3 heterocycles. The molecule has 4 atom stereocenters. The number of ether oxygens (including phenoxy) is 2. The summed E-state index contributed by atoms with van der Waals surface area (Å²) in [7, 11) is 0. The van der Waals surface area contributed by atoms with Gasteiger partial charge in [-0.3, -0.25) is 19.4 Å². The summed E-state index contributed by atoms with van der Waals surface area (Å²) < 4.78 is 65.9. The highest BCUT2D eigenvalue weighted by molar-refractivity contribution is 5.86. The predicted molar refractivity (Wildman–Crippen MR) is 131 cm³/mol. The number of aliphatic carboxylic acids is 1. The molecule has 39 heavy (non-hydrogen) atoms. The number of rotatable bonds is 6. The number of benzene rings is 1. The van der Waals surface area contributed by atoms with Gasteiger partial charge in [-0.05, 0) is 57.6 Å². The molecule has 8 nitrogen and oxygen atoms in total. The van der Waals surface area contributed by atoms with Crippen LogP contribution in [0, 0.1) is 11.7 Å². The largest absolute Gasteiger partial charge is 0.481 e. The van der Waals surface area contributed by atoms with Gasteiger partial charge in [0.2, 0.25) is 0 Å². The number of carbonyl (C=O) groups is 2. The molecule has 0 spiro atoms. The fourth-order valence-electron chi connectivity index (χ4n) is 6.53. The number of hydrogen-bond acceptors (Lipinski definition) is 6. The van der Waals surface area contributed by atoms with E-state index in [0.717, 1.165) is 45.0 Å². The van der Waals surface area contributed by atoms with E-state index >= 15 is 0 Å². The molecule has 3 fully saturated rings. The van der Waals surface area contributed by atoms with E-state index in [0.29, 0.717) is 19.1 Å². The molecular formula is C27H35F4N3O5. The second kappa shape index (κ2) is 10.5. The number of carbonyl (C=O) groups excluding carboxylic acids is 1. The normalized spacial score (nSPS) is 29.4. The van der Waals surface area contributed by atoms with Crippen LogP contribution in [0.2, 0.25) is 0 Å². The fourth-order valence-corrected chi connectivity index (χ4v) is 6.53. The van der Waals surface area contributed by atoms with Gasteiger partial charge in [-0.1, -0.05) is 0 Å². The van der Waals surface area contributed by atoms with Gasteiger partial charge in [0.05, 0.1) is 25.1 Å². The molecule has 0 unspecified atom stereocenters. The Bertz CT molecular complexity index is 1100. The minimum absolute atomic E-state index is 0.00876. The first-order valence-corrected chi connectivity index (χ1v) is 13.6. The number of piperazine rings is 1. The summed E-state index contributed by atoms with van der Waals surface area (Å²) in [6.07, 6.45) is -1.71. The van der Waals surface area contributed by atoms with Crippen molar-refractivity contribution in [1.29, 1.82) is 0 Å². The van der Waals surface area contributed by atoms with Gasteiger partial charge in [0, 0.05) is 43.3 Å². The lowest BCUT2D eigenvalue weighted by atomic mass is 9.85. The zero-order valence-electron chi connectivity index (χ0n) is 22.2. The molecule has 3 aliphatic heterocycles. The number of carboxylic acid groups (broad SMARTS) is 1. The molecule has 2 saturated heterocycles. The Morgan fingerprint density at radius 2 is 1.95 bits per heavy atom. The maximum absolute atomic E-state index is 14.3. The quantitative estimate of drug-likeness (QED) is 0.534. The van der Waals surface area contributed by atoms with E-state index in [4.69, 9.17) is 14.6 Å². The highest BCUT2D eigenvalue weighted by Gasteiger charge is 2.56. The van der Waals surface area contributed by atoms with Crippen LogP contribution in [0.15, 0.2) is 12.1 Å². The lowest BCUT2D eigenvalue weighted by Crippen LogP contribution is -2.62. The van der Waals surface area contributed by atoms with Gasteiger partial charge in [-0.15, -0.1) is 0 Å². The molecule has 0 radical (unpaired) electrons. The maximum atomic E-state index is 14.3. The van der Waals surface area contributed by atoms with Crippen LogP contribution in [0.25, 0.3) is 0 Å². The van der Waals surface area contributed by atoms with E-state index in [-0.39, 0.29) is 61.0 Å². The standard InChI is InChI=1S/C27H35F4N3O5/c1-16(9-23(35)36)34-8-7-32(12-17(34)2)21-5-6-26(39-14-21,19-3-4-19)25(37)33-13-18-10-20(27(29,30)31)11-22(28)24(18)38-15-33/h10-11,16-17,19,21H,3-9,12-15H2,1-2H3,(H,35,36)/t16-,17-,21+,26-/m0/s1. The van der Waals surface area contributed by atoms with Crippen LogP contribution in [-0.4, -0.2) is 88.4 Å². The summed E-state index contributed by atoms with van der Waals surface area (Å²) in [5, 5.41) is 9.15. The Kier molecular flexibility index (Phi) is 7.58. The van der Waals surface area contributed by atoms with Crippen molar-refractivity contribution in [1.82, 2.24) is 14.7 Å². The third-order valence-electron chi connectivity index (χ3n) is 8.70. The molecule has 0 bridgehead atoms. The number of fused-ring (bicyclic) bond motifs is 1. The van der Waals surface area contributed by atoms with Crippen molar-refractivity contribution in [3.05, 3.63) is 29.1 Å². The molecule has 1 saturated carbocycles. The predicted octanol–water partition coefficient (Wildman–Crippen LogP) is 3.72. The minimum Gasteiger partial charge on any atom is -0.481 e. The number of amides is 1. The summed E-state index contributed by atoms with van der Waals surface area (Å²) in [5.74, 6) is -2.42. The highest BCUT2D eigenvalue weighted by atomic mass is 19.4. The van der Waals surface area contributed by atoms with Crippen molar-refractivity contribution in [2.45, 2.75) is 82.4 Å². The number of hydrogen-bond donors (Lipinski definition) is 1. The number of carboxylic acids is 1. The molecule has 12 heteroatoms. The lowest BCUT2D eigenvalue weighted by molar-refractivity contribution is -0.181. The Balaban J connectivity index is 1.24. The second-order valence-corrected chi connectivity index (χ2v) is 11.4. The molecule has 1 aromatic carbocycles. The number of nitrogens with zero attached hydrogens (tertiary/aromatic N) is 3. The summed E-state index contributed by atoms with van der Waals surface area (Å²) in [4.78, 5) is 30.8. The van der Waals surface area contributed by atoms with E-state index in [1.54, 1.807) is 0 Å². The Hall–Kier alpha value is -2.44. The van der Waals surface area contributed by atoms with Crippen molar-refractivity contribution in [2.24, 2.45) is 5.92 Å². The first-order chi connectivity index (χ1) is 18.4. The molecular weight excluding hydrogens is 522 g/mol. The lowest BCUT2D eigenvalue weighted by Gasteiger charge is -2.49. The first-order valence-electron chi connectivity index (χ1n) is 13.6. The van der Waals surface area contributed by atoms with Crippen molar-refractivity contribution in [2.75, 3.05) is 33.0 Å². The van der Waals surface area contributed by atoms with Crippen LogP contribution in [0.1, 0.15) is 57.1 Å². The fraction of sp³-hybridized carbons (Fsp3) is 0.704. The van der Waals surface area contributed by atoms with E-state index in [9.17, 15) is 27.2 Å². The minimum atomic E-state index is -4.71. The van der Waals surface area contributed by atoms with Crippen LogP contribution in [0.3, 0.4) is 0 Å². The molecule has 216 valence electrons. The monoisotopic (exact) mass is 557 g/mol. The summed E-state index contributed by atoms with van der Waals surface area (Å²) in [6.45, 7) is 6.25. The van der Waals surface area contributed by atoms with Crippen LogP contribution >= 0.6 is 0 Å². The molecule has 5 rings (SSSR count). The second-order valence-electron chi connectivity index (χ2n) is 11.4. The van der Waals surface area contributed by atoms with Gasteiger partial charge >= 0.3 is 12.1 Å². The highest BCUT2D eigenvalue weighted by Crippen LogP contribution is 2.49. The molecule has 1 N–H and O–H groups in total. The van der Waals surface area contributed by atoms with Crippen LogP contribution < -0.4 is 4.74 Å². The zero-order chi connectivity index (χ0) is 28.1. The van der Waals surface area contributed by atoms with Crippen LogP contribution in [0.4, 0.5) is 17.6 Å². The van der Waals surface area contributed by atoms with Gasteiger partial charge < -0.3 is 19.5 Å². The number of alkyl halides is 3. The number of halogens is 4. The molecule has 1 aliphatic carbocycles. The average Bonchev–Trinajstić information content (AvgIpc) is 3.73. The average molecular weight is 558 g/mol. The smallest absolute Gasteiger partial charge is 0.416 e. The topological polar surface area (TPSA) is 82.6 Å². The first kappa shape index (κ1) is 28.1. The Morgan fingerprint density at radius 1 is 1.21 bits per heavy atom. The SMILES string of the molecule is C[C@@H](CC(=O)O)N1CCN([C@@H]2CC[C@@](C(=O)N3COc4c(F)cc(C(F)(F)F)cc4C3)(C3CC3)OC2)C[C@@H]1C. The molecule has 0 aromatic heterocycles. The third kappa shape index (κ3) is 5.60. The van der Waals surface area contributed by atoms with Crippen LogP contribution in [-0.2, 0) is 27.0 Å². The molecule has 1 amide bonds. The summed E-state index contributed by atoms with van der Waals surface area (Å²) in [6, 6.07) is 1.50. The summed E-state index contributed by atoms with van der Waals surface area (Å²) >= 11 is 0. The Morgan fingerprint density at radius 3 is 2.54 bits per heavy atom. The summed E-state index contributed by atoms with van der Waals surface area (Å²) in [5.41, 5.74) is -2.18. The van der Waals surface area contributed by atoms with Crippen molar-refractivity contribution >= 4 is 11.9 Å². The van der Waals surface area contributed by atoms with Gasteiger partial charge in [-0.25, -0.2) is 4.39 Å². The van der Waals surface area contributed by atoms with E-state index in [2.05, 4.69) is 16.7 Å². The van der Waals surface area contributed by atoms with Crippen LogP contribution in [0.5, 0.6) is 5.75 Å². The molecule has 1 aromatic rings.